The average Bonchev–Trinajstić information content (AvgIpc) is 2.90. The molecule has 0 atom stereocenters. The van der Waals surface area contributed by atoms with Gasteiger partial charge < -0.3 is 9.73 Å². The van der Waals surface area contributed by atoms with Crippen LogP contribution in [-0.4, -0.2) is 10.9 Å². The Balaban J connectivity index is 1.92. The Hall–Kier alpha value is -2.62. The number of hydrogen-bond acceptors (Lipinski definition) is 3. The van der Waals surface area contributed by atoms with E-state index in [1.807, 2.05) is 56.3 Å². The van der Waals surface area contributed by atoms with Gasteiger partial charge in [0.2, 0.25) is 11.8 Å². The number of benzene rings is 2. The molecule has 0 saturated heterocycles. The number of aryl methyl sites for hydroxylation is 1. The summed E-state index contributed by atoms with van der Waals surface area (Å²) in [4.78, 5) is 16.2. The number of oxazole rings is 1. The molecule has 3 aromatic rings. The van der Waals surface area contributed by atoms with Crippen LogP contribution in [-0.2, 0) is 4.79 Å². The molecule has 0 aliphatic heterocycles. The molecule has 1 N–H and O–H groups in total. The first-order chi connectivity index (χ1) is 10.7. The van der Waals surface area contributed by atoms with E-state index in [4.69, 9.17) is 4.42 Å². The molecule has 0 spiro atoms. The Morgan fingerprint density at radius 3 is 2.86 bits per heavy atom. The third-order valence-electron chi connectivity index (χ3n) is 3.41. The second kappa shape index (κ2) is 6.02. The van der Waals surface area contributed by atoms with Crippen molar-refractivity contribution in [3.63, 3.8) is 0 Å². The Kier molecular flexibility index (Phi) is 3.92. The van der Waals surface area contributed by atoms with Gasteiger partial charge in [0, 0.05) is 17.7 Å². The number of hydrogen-bond donors (Lipinski definition) is 1. The van der Waals surface area contributed by atoms with Gasteiger partial charge >= 0.3 is 0 Å². The molecule has 3 rings (SSSR count). The van der Waals surface area contributed by atoms with E-state index in [0.29, 0.717) is 17.9 Å². The molecule has 0 fully saturated rings. The third-order valence-corrected chi connectivity index (χ3v) is 3.41. The molecule has 1 heterocycles. The van der Waals surface area contributed by atoms with Gasteiger partial charge in [-0.15, -0.1) is 0 Å². The zero-order valence-electron chi connectivity index (χ0n) is 12.7. The topological polar surface area (TPSA) is 55.1 Å². The molecule has 0 aliphatic rings. The van der Waals surface area contributed by atoms with Gasteiger partial charge in [-0.3, -0.25) is 4.79 Å². The molecule has 0 saturated carbocycles. The number of fused-ring (bicyclic) bond motifs is 1. The summed E-state index contributed by atoms with van der Waals surface area (Å²) < 4.78 is 5.79. The number of carbonyl (C=O) groups excluding carboxylic acids is 1. The van der Waals surface area contributed by atoms with Gasteiger partial charge in [-0.2, -0.15) is 0 Å². The van der Waals surface area contributed by atoms with Gasteiger partial charge in [-0.05, 0) is 43.7 Å². The third kappa shape index (κ3) is 3.01. The summed E-state index contributed by atoms with van der Waals surface area (Å²) in [7, 11) is 0. The lowest BCUT2D eigenvalue weighted by molar-refractivity contribution is -0.116. The Morgan fingerprint density at radius 2 is 2.09 bits per heavy atom. The number of aromatic nitrogens is 1. The van der Waals surface area contributed by atoms with E-state index in [1.54, 1.807) is 0 Å². The van der Waals surface area contributed by atoms with Crippen molar-refractivity contribution in [1.82, 2.24) is 4.98 Å². The molecule has 1 aromatic heterocycles. The smallest absolute Gasteiger partial charge is 0.227 e. The van der Waals surface area contributed by atoms with Crippen LogP contribution >= 0.6 is 0 Å². The quantitative estimate of drug-likeness (QED) is 0.768. The fourth-order valence-electron chi connectivity index (χ4n) is 2.36. The van der Waals surface area contributed by atoms with E-state index in [2.05, 4.69) is 10.3 Å². The van der Waals surface area contributed by atoms with Crippen molar-refractivity contribution >= 4 is 22.7 Å². The maximum Gasteiger partial charge on any atom is 0.227 e. The van der Waals surface area contributed by atoms with E-state index in [1.165, 1.54) is 0 Å². The van der Waals surface area contributed by atoms with Gasteiger partial charge in [-0.25, -0.2) is 4.98 Å². The summed E-state index contributed by atoms with van der Waals surface area (Å²) in [5.41, 5.74) is 4.31. The Morgan fingerprint density at radius 1 is 1.23 bits per heavy atom. The van der Waals surface area contributed by atoms with E-state index >= 15 is 0 Å². The van der Waals surface area contributed by atoms with Crippen LogP contribution in [0.3, 0.4) is 0 Å². The van der Waals surface area contributed by atoms with Crippen molar-refractivity contribution in [2.24, 2.45) is 0 Å². The first-order valence-corrected chi connectivity index (χ1v) is 7.43. The van der Waals surface area contributed by atoms with Crippen molar-refractivity contribution in [3.05, 3.63) is 48.0 Å². The van der Waals surface area contributed by atoms with E-state index in [-0.39, 0.29) is 5.91 Å². The number of amides is 1. The highest BCUT2D eigenvalue weighted by atomic mass is 16.3. The van der Waals surface area contributed by atoms with Crippen molar-refractivity contribution in [3.8, 4) is 11.5 Å². The van der Waals surface area contributed by atoms with Crippen LogP contribution in [0, 0.1) is 6.92 Å². The van der Waals surface area contributed by atoms with Crippen LogP contribution in [0.5, 0.6) is 0 Å². The maximum absolute atomic E-state index is 11.7. The van der Waals surface area contributed by atoms with Crippen LogP contribution in [0.15, 0.2) is 46.9 Å². The summed E-state index contributed by atoms with van der Waals surface area (Å²) in [6.45, 7) is 4.02. The van der Waals surface area contributed by atoms with E-state index < -0.39 is 0 Å². The molecule has 1 amide bonds. The normalized spacial score (nSPS) is 10.8. The van der Waals surface area contributed by atoms with Gasteiger partial charge in [0.15, 0.2) is 5.58 Å². The first kappa shape index (κ1) is 14.3. The number of nitrogens with one attached hydrogen (secondary N) is 1. The van der Waals surface area contributed by atoms with Crippen LogP contribution < -0.4 is 5.32 Å². The van der Waals surface area contributed by atoms with Crippen LogP contribution in [0.25, 0.3) is 22.6 Å². The lowest BCUT2D eigenvalue weighted by Gasteiger charge is -2.02. The van der Waals surface area contributed by atoms with Crippen LogP contribution in [0.4, 0.5) is 5.69 Å². The number of rotatable bonds is 4. The molecule has 0 aliphatic carbocycles. The number of carbonyl (C=O) groups is 1. The molecule has 0 radical (unpaired) electrons. The average molecular weight is 294 g/mol. The molecule has 4 heteroatoms. The SMILES string of the molecule is CCCC(=O)Nc1ccc2oc(-c3cccc(C)c3)nc2c1. The lowest BCUT2D eigenvalue weighted by atomic mass is 10.1. The molecule has 0 unspecified atom stereocenters. The van der Waals surface area contributed by atoms with Gasteiger partial charge in [-0.1, -0.05) is 24.6 Å². The van der Waals surface area contributed by atoms with Crippen LogP contribution in [0.1, 0.15) is 25.3 Å². The molecule has 0 bridgehead atoms. The molecule has 112 valence electrons. The monoisotopic (exact) mass is 294 g/mol. The minimum Gasteiger partial charge on any atom is -0.436 e. The predicted molar refractivity (Wildman–Crippen MR) is 87.7 cm³/mol. The fourth-order valence-corrected chi connectivity index (χ4v) is 2.36. The maximum atomic E-state index is 11.7. The summed E-state index contributed by atoms with van der Waals surface area (Å²) in [6, 6.07) is 13.5. The molecule has 4 nitrogen and oxygen atoms in total. The standard InChI is InChI=1S/C18H18N2O2/c1-3-5-17(21)19-14-8-9-16-15(11-14)20-18(22-16)13-7-4-6-12(2)10-13/h4,6-11H,3,5H2,1-2H3,(H,19,21). The first-order valence-electron chi connectivity index (χ1n) is 7.43. The van der Waals surface area contributed by atoms with Crippen molar-refractivity contribution in [2.75, 3.05) is 5.32 Å². The molecule has 22 heavy (non-hydrogen) atoms. The lowest BCUT2D eigenvalue weighted by Crippen LogP contribution is -2.10. The fraction of sp³-hybridized carbons (Fsp3) is 0.222. The van der Waals surface area contributed by atoms with E-state index in [0.717, 1.165) is 28.8 Å². The summed E-state index contributed by atoms with van der Waals surface area (Å²) in [5.74, 6) is 0.611. The molecular formula is C18H18N2O2. The van der Waals surface area contributed by atoms with Crippen LogP contribution in [0.2, 0.25) is 0 Å². The minimum atomic E-state index is 0.0178. The highest BCUT2D eigenvalue weighted by Gasteiger charge is 2.09. The summed E-state index contributed by atoms with van der Waals surface area (Å²) in [5, 5.41) is 2.87. The minimum absolute atomic E-state index is 0.0178. The second-order valence-electron chi connectivity index (χ2n) is 5.37. The van der Waals surface area contributed by atoms with Crippen molar-refractivity contribution < 1.29 is 9.21 Å². The largest absolute Gasteiger partial charge is 0.436 e. The highest BCUT2D eigenvalue weighted by molar-refractivity contribution is 5.93. The molecule has 2 aromatic carbocycles. The zero-order chi connectivity index (χ0) is 15.5. The second-order valence-corrected chi connectivity index (χ2v) is 5.37. The molecular weight excluding hydrogens is 276 g/mol. The zero-order valence-corrected chi connectivity index (χ0v) is 12.7. The van der Waals surface area contributed by atoms with Crippen molar-refractivity contribution in [2.45, 2.75) is 26.7 Å². The summed E-state index contributed by atoms with van der Waals surface area (Å²) in [6.07, 6.45) is 1.35. The van der Waals surface area contributed by atoms with Gasteiger partial charge in [0.25, 0.3) is 0 Å². The van der Waals surface area contributed by atoms with Gasteiger partial charge in [0.1, 0.15) is 5.52 Å². The number of anilines is 1. The Bertz CT molecular complexity index is 821. The van der Waals surface area contributed by atoms with Crippen molar-refractivity contribution in [1.29, 1.82) is 0 Å². The Labute approximate surface area is 129 Å². The van der Waals surface area contributed by atoms with E-state index in [9.17, 15) is 4.79 Å². The highest BCUT2D eigenvalue weighted by Crippen LogP contribution is 2.26. The predicted octanol–water partition coefficient (Wildman–Crippen LogP) is 4.54. The summed E-state index contributed by atoms with van der Waals surface area (Å²) >= 11 is 0. The number of nitrogens with zero attached hydrogens (tertiary/aromatic N) is 1. The van der Waals surface area contributed by atoms with Gasteiger partial charge in [0.05, 0.1) is 0 Å².